The molecule has 1 heterocycles. The van der Waals surface area contributed by atoms with Crippen LogP contribution >= 0.6 is 11.8 Å². The number of alkyl halides is 3. The molecule has 1 aliphatic rings. The molecule has 0 spiro atoms. The molecule has 0 aliphatic carbocycles. The lowest BCUT2D eigenvalue weighted by molar-refractivity contribution is -0.135. The monoisotopic (exact) mass is 326 g/mol. The molecule has 2 amide bonds. The highest BCUT2D eigenvalue weighted by molar-refractivity contribution is 8.00. The number of halogens is 3. The number of carbonyl (C=O) groups is 2. The third-order valence-corrected chi connectivity index (χ3v) is 3.95. The first-order valence-corrected chi connectivity index (χ1v) is 7.89. The summed E-state index contributed by atoms with van der Waals surface area (Å²) in [5, 5.41) is 2.67. The molecule has 21 heavy (non-hydrogen) atoms. The van der Waals surface area contributed by atoms with Crippen molar-refractivity contribution in [1.82, 2.24) is 10.2 Å². The molecule has 2 unspecified atom stereocenters. The number of nitrogens with zero attached hydrogens (tertiary/aromatic N) is 1. The quantitative estimate of drug-likeness (QED) is 0.844. The second kappa shape index (κ2) is 7.38. The molecule has 122 valence electrons. The van der Waals surface area contributed by atoms with E-state index in [1.807, 2.05) is 13.8 Å². The van der Waals surface area contributed by atoms with Crippen LogP contribution in [-0.2, 0) is 9.59 Å². The van der Waals surface area contributed by atoms with Gasteiger partial charge in [-0.25, -0.2) is 0 Å². The summed E-state index contributed by atoms with van der Waals surface area (Å²) in [6.45, 7) is 5.54. The second-order valence-corrected chi connectivity index (χ2v) is 6.79. The van der Waals surface area contributed by atoms with E-state index >= 15 is 0 Å². The first-order valence-electron chi connectivity index (χ1n) is 6.90. The van der Waals surface area contributed by atoms with Crippen molar-refractivity contribution in [2.24, 2.45) is 5.92 Å². The molecular weight excluding hydrogens is 305 g/mol. The Hall–Kier alpha value is -0.920. The van der Waals surface area contributed by atoms with Crippen molar-refractivity contribution < 1.29 is 22.8 Å². The number of hydrogen-bond donors (Lipinski definition) is 1. The van der Waals surface area contributed by atoms with Gasteiger partial charge in [-0.3, -0.25) is 9.59 Å². The lowest BCUT2D eigenvalue weighted by Crippen LogP contribution is -2.47. The predicted molar refractivity (Wildman–Crippen MR) is 75.7 cm³/mol. The topological polar surface area (TPSA) is 49.4 Å². The van der Waals surface area contributed by atoms with Gasteiger partial charge < -0.3 is 10.2 Å². The molecule has 0 bridgehead atoms. The zero-order valence-corrected chi connectivity index (χ0v) is 13.2. The highest BCUT2D eigenvalue weighted by Gasteiger charge is 2.35. The largest absolute Gasteiger partial charge is 0.441 e. The summed E-state index contributed by atoms with van der Waals surface area (Å²) in [4.78, 5) is 25.5. The highest BCUT2D eigenvalue weighted by atomic mass is 32.2. The molecule has 1 fully saturated rings. The van der Waals surface area contributed by atoms with Gasteiger partial charge in [0.25, 0.3) is 0 Å². The van der Waals surface area contributed by atoms with Crippen LogP contribution in [0.4, 0.5) is 13.2 Å². The van der Waals surface area contributed by atoms with Gasteiger partial charge in [-0.15, -0.1) is 0 Å². The van der Waals surface area contributed by atoms with Gasteiger partial charge in [-0.05, 0) is 31.0 Å². The zero-order chi connectivity index (χ0) is 16.2. The molecule has 0 aromatic carbocycles. The summed E-state index contributed by atoms with van der Waals surface area (Å²) in [6.07, 6.45) is 0.608. The van der Waals surface area contributed by atoms with Crippen LogP contribution in [0.5, 0.6) is 0 Å². The van der Waals surface area contributed by atoms with Crippen molar-refractivity contribution in [1.29, 1.82) is 0 Å². The summed E-state index contributed by atoms with van der Waals surface area (Å²) in [6, 6.07) is -1.03. The number of rotatable bonds is 5. The van der Waals surface area contributed by atoms with Crippen molar-refractivity contribution in [2.75, 3.05) is 12.3 Å². The van der Waals surface area contributed by atoms with E-state index in [1.54, 1.807) is 6.92 Å². The fourth-order valence-electron chi connectivity index (χ4n) is 2.33. The number of nitrogens with one attached hydrogen (secondary N) is 1. The van der Waals surface area contributed by atoms with Gasteiger partial charge in [0.05, 0.1) is 0 Å². The van der Waals surface area contributed by atoms with E-state index in [2.05, 4.69) is 5.32 Å². The van der Waals surface area contributed by atoms with Crippen molar-refractivity contribution in [3.05, 3.63) is 0 Å². The number of amides is 2. The summed E-state index contributed by atoms with van der Waals surface area (Å²) < 4.78 is 36.6. The van der Waals surface area contributed by atoms with Gasteiger partial charge in [0.15, 0.2) is 0 Å². The summed E-state index contributed by atoms with van der Waals surface area (Å²) in [5.74, 6) is -0.529. The maximum absolute atomic E-state index is 12.4. The van der Waals surface area contributed by atoms with Gasteiger partial charge in [-0.2, -0.15) is 13.2 Å². The molecule has 2 atom stereocenters. The van der Waals surface area contributed by atoms with Crippen LogP contribution in [0, 0.1) is 5.92 Å². The van der Waals surface area contributed by atoms with Crippen molar-refractivity contribution in [2.45, 2.75) is 51.2 Å². The molecule has 1 rings (SSSR count). The Bertz CT molecular complexity index is 388. The standard InChI is InChI=1S/C13H21F3N2O2S/c1-8(2)6-10-12(20)18(4-5-21-13(14,15)16)9(3)7-11(19)17-10/h8-10H,4-7H2,1-3H3,(H,17,19). The zero-order valence-electron chi connectivity index (χ0n) is 12.4. The van der Waals surface area contributed by atoms with Gasteiger partial charge in [0.1, 0.15) is 6.04 Å². The molecule has 0 saturated carbocycles. The fraction of sp³-hybridized carbons (Fsp3) is 0.846. The van der Waals surface area contributed by atoms with Gasteiger partial charge >= 0.3 is 5.51 Å². The van der Waals surface area contributed by atoms with E-state index in [4.69, 9.17) is 0 Å². The predicted octanol–water partition coefficient (Wildman–Crippen LogP) is 2.39. The average Bonchev–Trinajstić information content (AvgIpc) is 2.38. The van der Waals surface area contributed by atoms with E-state index in [-0.39, 0.29) is 54.3 Å². The van der Waals surface area contributed by atoms with E-state index in [0.29, 0.717) is 6.42 Å². The SMILES string of the molecule is CC(C)CC1NC(=O)CC(C)N(CCSC(F)(F)F)C1=O. The number of carbonyl (C=O) groups excluding carboxylic acids is 2. The number of thioether (sulfide) groups is 1. The Morgan fingerprint density at radius 2 is 2.00 bits per heavy atom. The van der Waals surface area contributed by atoms with Crippen LogP contribution in [0.15, 0.2) is 0 Å². The molecule has 0 aromatic heterocycles. The van der Waals surface area contributed by atoms with Crippen LogP contribution in [0.2, 0.25) is 0 Å². The maximum atomic E-state index is 12.4. The first-order chi connectivity index (χ1) is 9.60. The van der Waals surface area contributed by atoms with E-state index in [1.165, 1.54) is 4.90 Å². The van der Waals surface area contributed by atoms with E-state index in [0.717, 1.165) is 0 Å². The second-order valence-electron chi connectivity index (χ2n) is 5.63. The number of hydrogen-bond acceptors (Lipinski definition) is 3. The Labute approximate surface area is 126 Å². The first kappa shape index (κ1) is 18.1. The van der Waals surface area contributed by atoms with Crippen molar-refractivity contribution in [3.63, 3.8) is 0 Å². The summed E-state index contributed by atoms with van der Waals surface area (Å²) >= 11 is -0.145. The van der Waals surface area contributed by atoms with E-state index in [9.17, 15) is 22.8 Å². The van der Waals surface area contributed by atoms with Crippen molar-refractivity contribution in [3.8, 4) is 0 Å². The molecule has 4 nitrogen and oxygen atoms in total. The molecule has 8 heteroatoms. The Morgan fingerprint density at radius 1 is 1.38 bits per heavy atom. The highest BCUT2D eigenvalue weighted by Crippen LogP contribution is 2.30. The van der Waals surface area contributed by atoms with E-state index < -0.39 is 11.6 Å². The minimum atomic E-state index is -4.30. The van der Waals surface area contributed by atoms with Gasteiger partial charge in [0.2, 0.25) is 11.8 Å². The van der Waals surface area contributed by atoms with Crippen LogP contribution in [-0.4, -0.2) is 46.6 Å². The van der Waals surface area contributed by atoms with Gasteiger partial charge in [0, 0.05) is 24.8 Å². The Kier molecular flexibility index (Phi) is 6.37. The van der Waals surface area contributed by atoms with Crippen LogP contribution in [0.25, 0.3) is 0 Å². The molecule has 1 N–H and O–H groups in total. The van der Waals surface area contributed by atoms with Crippen molar-refractivity contribution >= 4 is 23.6 Å². The molecular formula is C13H21F3N2O2S. The van der Waals surface area contributed by atoms with Crippen LogP contribution in [0.1, 0.15) is 33.6 Å². The normalized spacial score (nSPS) is 24.2. The third kappa shape index (κ3) is 6.15. The minimum absolute atomic E-state index is 0.00622. The van der Waals surface area contributed by atoms with Gasteiger partial charge in [-0.1, -0.05) is 13.8 Å². The summed E-state index contributed by atoms with van der Waals surface area (Å²) in [5.41, 5.74) is -4.30. The summed E-state index contributed by atoms with van der Waals surface area (Å²) in [7, 11) is 0. The molecule has 1 aliphatic heterocycles. The average molecular weight is 326 g/mol. The fourth-order valence-corrected chi connectivity index (χ4v) is 2.85. The van der Waals surface area contributed by atoms with Crippen LogP contribution < -0.4 is 5.32 Å². The third-order valence-electron chi connectivity index (χ3n) is 3.23. The Balaban J connectivity index is 2.73. The lowest BCUT2D eigenvalue weighted by Gasteiger charge is -2.29. The smallest absolute Gasteiger partial charge is 0.344 e. The Morgan fingerprint density at radius 3 is 2.52 bits per heavy atom. The minimum Gasteiger partial charge on any atom is -0.344 e. The lowest BCUT2D eigenvalue weighted by atomic mass is 10.0. The van der Waals surface area contributed by atoms with Crippen LogP contribution in [0.3, 0.4) is 0 Å². The molecule has 1 saturated heterocycles. The maximum Gasteiger partial charge on any atom is 0.441 e. The molecule has 0 aromatic rings. The molecule has 0 radical (unpaired) electrons.